The molecule has 8 heteroatoms. The molecule has 0 fully saturated rings. The second-order valence-corrected chi connectivity index (χ2v) is 3.42. The summed E-state index contributed by atoms with van der Waals surface area (Å²) in [5.41, 5.74) is 2.31. The van der Waals surface area contributed by atoms with Gasteiger partial charge in [0, 0.05) is 13.2 Å². The first-order valence-corrected chi connectivity index (χ1v) is 4.90. The highest BCUT2D eigenvalue weighted by molar-refractivity contribution is 9.10. The quantitative estimate of drug-likeness (QED) is 0.443. The summed E-state index contributed by atoms with van der Waals surface area (Å²) in [6.45, 7) is 0.135. The average molecular weight is 275 g/mol. The highest BCUT2D eigenvalue weighted by Crippen LogP contribution is 2.19. The van der Waals surface area contributed by atoms with Crippen LogP contribution in [0.5, 0.6) is 0 Å². The van der Waals surface area contributed by atoms with E-state index in [1.807, 2.05) is 0 Å². The molecule has 1 heterocycles. The number of anilines is 2. The molecule has 0 spiro atoms. The Morgan fingerprint density at radius 2 is 2.40 bits per heavy atom. The van der Waals surface area contributed by atoms with Crippen LogP contribution in [0.4, 0.5) is 11.8 Å². The summed E-state index contributed by atoms with van der Waals surface area (Å²) in [4.78, 5) is 18.9. The van der Waals surface area contributed by atoms with Gasteiger partial charge in [0.15, 0.2) is 0 Å². The lowest BCUT2D eigenvalue weighted by Crippen LogP contribution is -2.26. The summed E-state index contributed by atoms with van der Waals surface area (Å²) in [5, 5.41) is 5.32. The van der Waals surface area contributed by atoms with Crippen molar-refractivity contribution in [3.63, 3.8) is 0 Å². The maximum atomic E-state index is 11.0. The van der Waals surface area contributed by atoms with E-state index in [1.165, 1.54) is 6.20 Å². The van der Waals surface area contributed by atoms with E-state index < -0.39 is 0 Å². The van der Waals surface area contributed by atoms with Gasteiger partial charge in [-0.15, -0.1) is 0 Å². The van der Waals surface area contributed by atoms with Crippen molar-refractivity contribution in [1.29, 1.82) is 0 Å². The number of amides is 1. The Kier molecular flexibility index (Phi) is 4.25. The molecule has 0 aromatic carbocycles. The zero-order valence-corrected chi connectivity index (χ0v) is 9.63. The topological polar surface area (TPSA) is 105 Å². The monoisotopic (exact) mass is 274 g/mol. The van der Waals surface area contributed by atoms with Crippen molar-refractivity contribution in [3.05, 3.63) is 10.7 Å². The Morgan fingerprint density at radius 1 is 1.67 bits per heavy atom. The van der Waals surface area contributed by atoms with E-state index in [2.05, 4.69) is 42.0 Å². The van der Waals surface area contributed by atoms with Crippen LogP contribution < -0.4 is 21.9 Å². The van der Waals surface area contributed by atoms with Crippen LogP contribution in [0.25, 0.3) is 0 Å². The fourth-order valence-electron chi connectivity index (χ4n) is 0.813. The van der Waals surface area contributed by atoms with Crippen molar-refractivity contribution in [1.82, 2.24) is 15.3 Å². The SMILES string of the molecule is CNC(=O)CNc1nc(NN)ncc1Br. The maximum absolute atomic E-state index is 11.0. The highest BCUT2D eigenvalue weighted by Gasteiger charge is 2.05. The highest BCUT2D eigenvalue weighted by atomic mass is 79.9. The molecule has 0 atom stereocenters. The molecule has 0 saturated carbocycles. The van der Waals surface area contributed by atoms with Gasteiger partial charge in [-0.1, -0.05) is 0 Å². The van der Waals surface area contributed by atoms with Crippen LogP contribution in [0.3, 0.4) is 0 Å². The summed E-state index contributed by atoms with van der Waals surface area (Å²) >= 11 is 3.24. The molecule has 0 bridgehead atoms. The van der Waals surface area contributed by atoms with Crippen LogP contribution in [0.15, 0.2) is 10.7 Å². The van der Waals surface area contributed by atoms with Crippen molar-refractivity contribution < 1.29 is 4.79 Å². The van der Waals surface area contributed by atoms with E-state index in [-0.39, 0.29) is 18.4 Å². The number of carbonyl (C=O) groups excluding carboxylic acids is 1. The van der Waals surface area contributed by atoms with Gasteiger partial charge >= 0.3 is 0 Å². The van der Waals surface area contributed by atoms with Gasteiger partial charge in [-0.3, -0.25) is 10.2 Å². The van der Waals surface area contributed by atoms with E-state index >= 15 is 0 Å². The van der Waals surface area contributed by atoms with Crippen molar-refractivity contribution in [3.8, 4) is 0 Å². The number of nitrogens with two attached hydrogens (primary N) is 1. The normalized spacial score (nSPS) is 9.53. The second kappa shape index (κ2) is 5.47. The molecule has 15 heavy (non-hydrogen) atoms. The van der Waals surface area contributed by atoms with Gasteiger partial charge in [-0.05, 0) is 15.9 Å². The molecule has 7 nitrogen and oxygen atoms in total. The predicted molar refractivity (Wildman–Crippen MR) is 60.1 cm³/mol. The zero-order valence-electron chi connectivity index (χ0n) is 8.04. The second-order valence-electron chi connectivity index (χ2n) is 2.56. The molecule has 1 aromatic rings. The molecule has 0 radical (unpaired) electrons. The number of aromatic nitrogens is 2. The molecule has 0 aliphatic rings. The summed E-state index contributed by atoms with van der Waals surface area (Å²) < 4.78 is 0.658. The number of carbonyl (C=O) groups is 1. The third kappa shape index (κ3) is 3.33. The van der Waals surface area contributed by atoms with E-state index in [0.717, 1.165) is 0 Å². The molecule has 5 N–H and O–H groups in total. The lowest BCUT2D eigenvalue weighted by molar-refractivity contribution is -0.118. The van der Waals surface area contributed by atoms with Gasteiger partial charge in [-0.25, -0.2) is 10.8 Å². The minimum Gasteiger partial charge on any atom is -0.360 e. The minimum absolute atomic E-state index is 0.135. The Labute approximate surface area is 95.0 Å². The van der Waals surface area contributed by atoms with Gasteiger partial charge < -0.3 is 10.6 Å². The zero-order chi connectivity index (χ0) is 11.3. The fourth-order valence-corrected chi connectivity index (χ4v) is 1.14. The first-order chi connectivity index (χ1) is 7.17. The van der Waals surface area contributed by atoms with Gasteiger partial charge in [-0.2, -0.15) is 4.98 Å². The lowest BCUT2D eigenvalue weighted by Gasteiger charge is -2.07. The Balaban J connectivity index is 2.70. The third-order valence-electron chi connectivity index (χ3n) is 1.57. The molecule has 0 aliphatic heterocycles. The van der Waals surface area contributed by atoms with Gasteiger partial charge in [0.05, 0.1) is 11.0 Å². The number of hydrogen-bond donors (Lipinski definition) is 4. The predicted octanol–water partition coefficient (Wildman–Crippen LogP) is -0.317. The van der Waals surface area contributed by atoms with Crippen LogP contribution in [-0.4, -0.2) is 29.5 Å². The third-order valence-corrected chi connectivity index (χ3v) is 2.15. The average Bonchev–Trinajstić information content (AvgIpc) is 2.27. The largest absolute Gasteiger partial charge is 0.360 e. The van der Waals surface area contributed by atoms with Crippen LogP contribution in [0.1, 0.15) is 0 Å². The first-order valence-electron chi connectivity index (χ1n) is 4.11. The number of hydrazine groups is 1. The molecule has 0 saturated heterocycles. The maximum Gasteiger partial charge on any atom is 0.239 e. The molecular formula is C7H11BrN6O. The van der Waals surface area contributed by atoms with Crippen molar-refractivity contribution in [2.75, 3.05) is 24.3 Å². The van der Waals surface area contributed by atoms with Gasteiger partial charge in [0.1, 0.15) is 5.82 Å². The standard InChI is InChI=1S/C7H11BrN6O/c1-10-5(15)3-11-6-4(8)2-12-7(13-6)14-9/h2H,3,9H2,1H3,(H,10,15)(H2,11,12,13,14). The fraction of sp³-hybridized carbons (Fsp3) is 0.286. The van der Waals surface area contributed by atoms with E-state index in [9.17, 15) is 4.79 Å². The Bertz CT molecular complexity index is 357. The van der Waals surface area contributed by atoms with Crippen LogP contribution >= 0.6 is 15.9 Å². The van der Waals surface area contributed by atoms with E-state index in [1.54, 1.807) is 7.05 Å². The van der Waals surface area contributed by atoms with Crippen molar-refractivity contribution >= 4 is 33.6 Å². The molecule has 82 valence electrons. The number of rotatable bonds is 4. The van der Waals surface area contributed by atoms with Crippen molar-refractivity contribution in [2.45, 2.75) is 0 Å². The summed E-state index contributed by atoms with van der Waals surface area (Å²) in [6, 6.07) is 0. The summed E-state index contributed by atoms with van der Waals surface area (Å²) in [7, 11) is 1.56. The number of nitrogen functional groups attached to an aromatic ring is 1. The Hall–Kier alpha value is -1.41. The summed E-state index contributed by atoms with van der Waals surface area (Å²) in [5.74, 6) is 5.79. The van der Waals surface area contributed by atoms with Gasteiger partial charge in [0.25, 0.3) is 0 Å². The smallest absolute Gasteiger partial charge is 0.239 e. The van der Waals surface area contributed by atoms with Crippen LogP contribution in [0, 0.1) is 0 Å². The first kappa shape index (κ1) is 11.7. The minimum atomic E-state index is -0.136. The lowest BCUT2D eigenvalue weighted by atomic mass is 10.5. The summed E-state index contributed by atoms with van der Waals surface area (Å²) in [6.07, 6.45) is 1.54. The number of nitrogens with zero attached hydrogens (tertiary/aromatic N) is 2. The molecule has 0 aliphatic carbocycles. The molecule has 1 amide bonds. The Morgan fingerprint density at radius 3 is 3.00 bits per heavy atom. The van der Waals surface area contributed by atoms with E-state index in [4.69, 9.17) is 5.84 Å². The van der Waals surface area contributed by atoms with Crippen molar-refractivity contribution in [2.24, 2.45) is 5.84 Å². The van der Waals surface area contributed by atoms with Crippen LogP contribution in [0.2, 0.25) is 0 Å². The number of hydrogen-bond acceptors (Lipinski definition) is 6. The number of halogens is 1. The molecular weight excluding hydrogens is 264 g/mol. The number of likely N-dealkylation sites (N-methyl/N-ethyl adjacent to an activating group) is 1. The molecule has 0 unspecified atom stereocenters. The molecule has 1 rings (SSSR count). The number of nitrogens with one attached hydrogen (secondary N) is 3. The van der Waals surface area contributed by atoms with E-state index in [0.29, 0.717) is 10.3 Å². The molecule has 1 aromatic heterocycles. The van der Waals surface area contributed by atoms with Gasteiger partial charge in [0.2, 0.25) is 11.9 Å². The van der Waals surface area contributed by atoms with Crippen LogP contribution in [-0.2, 0) is 4.79 Å².